The lowest BCUT2D eigenvalue weighted by atomic mass is 9.85. The van der Waals surface area contributed by atoms with Gasteiger partial charge in [-0.05, 0) is 52.0 Å². The van der Waals surface area contributed by atoms with Crippen LogP contribution in [0.2, 0.25) is 0 Å². The highest BCUT2D eigenvalue weighted by Gasteiger charge is 2.41. The van der Waals surface area contributed by atoms with E-state index in [-0.39, 0.29) is 5.54 Å². The van der Waals surface area contributed by atoms with Crippen LogP contribution in [0.4, 0.5) is 0 Å². The zero-order valence-corrected chi connectivity index (χ0v) is 12.7. The molecule has 0 radical (unpaired) electrons. The van der Waals surface area contributed by atoms with Crippen molar-refractivity contribution >= 4 is 0 Å². The fourth-order valence-electron chi connectivity index (χ4n) is 3.40. The number of rotatable bonds is 5. The van der Waals surface area contributed by atoms with Gasteiger partial charge in [-0.3, -0.25) is 4.90 Å². The molecule has 2 fully saturated rings. The van der Waals surface area contributed by atoms with E-state index in [2.05, 4.69) is 37.6 Å². The monoisotopic (exact) mass is 253 g/mol. The number of hydrogen-bond donors (Lipinski definition) is 1. The molecule has 0 amide bonds. The Balaban J connectivity index is 1.90. The highest BCUT2D eigenvalue weighted by molar-refractivity contribution is 4.98. The number of nitrogens with zero attached hydrogens (tertiary/aromatic N) is 2. The number of hydrogen-bond acceptors (Lipinski definition) is 3. The number of likely N-dealkylation sites (tertiary alicyclic amines) is 1. The average Bonchev–Trinajstić information content (AvgIpc) is 3.04. The van der Waals surface area contributed by atoms with E-state index < -0.39 is 0 Å². The van der Waals surface area contributed by atoms with E-state index in [1.807, 2.05) is 0 Å². The fraction of sp³-hybridized carbons (Fsp3) is 1.00. The molecule has 106 valence electrons. The van der Waals surface area contributed by atoms with Crippen LogP contribution < -0.4 is 5.73 Å². The van der Waals surface area contributed by atoms with Gasteiger partial charge in [0.2, 0.25) is 0 Å². The van der Waals surface area contributed by atoms with Crippen LogP contribution in [0, 0.1) is 11.8 Å². The first-order valence-electron chi connectivity index (χ1n) is 7.64. The van der Waals surface area contributed by atoms with Gasteiger partial charge in [0, 0.05) is 37.8 Å². The summed E-state index contributed by atoms with van der Waals surface area (Å²) in [6, 6.07) is 0.675. The second-order valence-electron chi connectivity index (χ2n) is 6.91. The van der Waals surface area contributed by atoms with Crippen LogP contribution in [0.1, 0.15) is 40.0 Å². The van der Waals surface area contributed by atoms with Crippen molar-refractivity contribution in [3.05, 3.63) is 0 Å². The maximum atomic E-state index is 6.13. The van der Waals surface area contributed by atoms with Crippen molar-refractivity contribution in [2.75, 3.05) is 33.2 Å². The summed E-state index contributed by atoms with van der Waals surface area (Å²) in [7, 11) is 2.29. The lowest BCUT2D eigenvalue weighted by Gasteiger charge is -2.48. The third kappa shape index (κ3) is 2.89. The van der Waals surface area contributed by atoms with E-state index in [1.165, 1.54) is 38.9 Å². The third-order valence-corrected chi connectivity index (χ3v) is 5.43. The molecular weight excluding hydrogens is 222 g/mol. The Bertz CT molecular complexity index is 269. The summed E-state index contributed by atoms with van der Waals surface area (Å²) in [6.45, 7) is 11.4. The molecule has 0 aromatic carbocycles. The molecule has 2 N–H and O–H groups in total. The Morgan fingerprint density at radius 2 is 1.89 bits per heavy atom. The molecule has 2 unspecified atom stereocenters. The molecule has 0 spiro atoms. The molecule has 0 aromatic heterocycles. The number of likely N-dealkylation sites (N-methyl/N-ethyl adjacent to an activating group) is 1. The summed E-state index contributed by atoms with van der Waals surface area (Å²) in [5.41, 5.74) is 6.40. The second-order valence-corrected chi connectivity index (χ2v) is 6.91. The predicted octanol–water partition coefficient (Wildman–Crippen LogP) is 1.78. The summed E-state index contributed by atoms with van der Waals surface area (Å²) in [5, 5.41) is 0. The van der Waals surface area contributed by atoms with Gasteiger partial charge in [0.15, 0.2) is 0 Å². The normalized spacial score (nSPS) is 32.2. The van der Waals surface area contributed by atoms with E-state index in [1.54, 1.807) is 0 Å². The van der Waals surface area contributed by atoms with E-state index in [9.17, 15) is 0 Å². The van der Waals surface area contributed by atoms with Crippen LogP contribution in [0.15, 0.2) is 0 Å². The molecule has 1 aliphatic heterocycles. The zero-order chi connectivity index (χ0) is 13.3. The van der Waals surface area contributed by atoms with Gasteiger partial charge >= 0.3 is 0 Å². The van der Waals surface area contributed by atoms with Crippen LogP contribution in [0.3, 0.4) is 0 Å². The summed E-state index contributed by atoms with van der Waals surface area (Å²) in [6.07, 6.45) is 3.89. The summed E-state index contributed by atoms with van der Waals surface area (Å²) >= 11 is 0. The van der Waals surface area contributed by atoms with Crippen molar-refractivity contribution in [1.29, 1.82) is 0 Å². The zero-order valence-electron chi connectivity index (χ0n) is 12.7. The highest BCUT2D eigenvalue weighted by Crippen LogP contribution is 2.40. The first-order valence-corrected chi connectivity index (χ1v) is 7.64. The average molecular weight is 253 g/mol. The van der Waals surface area contributed by atoms with E-state index >= 15 is 0 Å². The molecule has 1 saturated heterocycles. The van der Waals surface area contributed by atoms with Gasteiger partial charge in [0.25, 0.3) is 0 Å². The Morgan fingerprint density at radius 1 is 1.33 bits per heavy atom. The van der Waals surface area contributed by atoms with Gasteiger partial charge in [0.05, 0.1) is 0 Å². The van der Waals surface area contributed by atoms with E-state index in [0.29, 0.717) is 6.04 Å². The molecule has 2 rings (SSSR count). The van der Waals surface area contributed by atoms with Crippen molar-refractivity contribution in [1.82, 2.24) is 9.80 Å². The summed E-state index contributed by atoms with van der Waals surface area (Å²) < 4.78 is 0. The quantitative estimate of drug-likeness (QED) is 0.810. The van der Waals surface area contributed by atoms with Gasteiger partial charge in [0.1, 0.15) is 0 Å². The first-order chi connectivity index (χ1) is 8.48. The fourth-order valence-corrected chi connectivity index (χ4v) is 3.40. The molecule has 2 aliphatic rings. The molecule has 1 aliphatic carbocycles. The third-order valence-electron chi connectivity index (χ3n) is 5.43. The van der Waals surface area contributed by atoms with Gasteiger partial charge in [-0.25, -0.2) is 0 Å². The molecule has 18 heavy (non-hydrogen) atoms. The predicted molar refractivity (Wildman–Crippen MR) is 77.6 cm³/mol. The van der Waals surface area contributed by atoms with Crippen LogP contribution >= 0.6 is 0 Å². The van der Waals surface area contributed by atoms with Gasteiger partial charge in [-0.2, -0.15) is 0 Å². The van der Waals surface area contributed by atoms with Gasteiger partial charge in [-0.1, -0.05) is 6.92 Å². The molecule has 0 bridgehead atoms. The van der Waals surface area contributed by atoms with Crippen molar-refractivity contribution in [3.8, 4) is 0 Å². The van der Waals surface area contributed by atoms with Crippen molar-refractivity contribution in [3.63, 3.8) is 0 Å². The SMILES string of the molecule is CC1CC1CN(C)C1(CN)CCN(C(C)C)CC1. The molecule has 3 heteroatoms. The standard InChI is InChI=1S/C15H31N3/c1-12(2)18-7-5-15(11-16,6-8-18)17(4)10-14-9-13(14)3/h12-14H,5-11,16H2,1-4H3. The molecule has 3 nitrogen and oxygen atoms in total. The highest BCUT2D eigenvalue weighted by atomic mass is 15.2. The Labute approximate surface area is 113 Å². The Morgan fingerprint density at radius 3 is 2.28 bits per heavy atom. The second kappa shape index (κ2) is 5.48. The lowest BCUT2D eigenvalue weighted by Crippen LogP contribution is -2.59. The minimum absolute atomic E-state index is 0.272. The topological polar surface area (TPSA) is 32.5 Å². The lowest BCUT2D eigenvalue weighted by molar-refractivity contribution is 0.0312. The molecule has 1 heterocycles. The van der Waals surface area contributed by atoms with Crippen molar-refractivity contribution < 1.29 is 0 Å². The van der Waals surface area contributed by atoms with Gasteiger partial charge < -0.3 is 10.6 Å². The van der Waals surface area contributed by atoms with Crippen molar-refractivity contribution in [2.45, 2.75) is 51.6 Å². The van der Waals surface area contributed by atoms with Crippen LogP contribution in [0.25, 0.3) is 0 Å². The minimum atomic E-state index is 0.272. The minimum Gasteiger partial charge on any atom is -0.329 e. The largest absolute Gasteiger partial charge is 0.329 e. The van der Waals surface area contributed by atoms with Crippen LogP contribution in [0.5, 0.6) is 0 Å². The summed E-state index contributed by atoms with van der Waals surface area (Å²) in [4.78, 5) is 5.17. The maximum Gasteiger partial charge on any atom is 0.0353 e. The van der Waals surface area contributed by atoms with E-state index in [0.717, 1.165) is 18.4 Å². The summed E-state index contributed by atoms with van der Waals surface area (Å²) in [5.74, 6) is 1.87. The molecule has 0 aromatic rings. The smallest absolute Gasteiger partial charge is 0.0353 e. The van der Waals surface area contributed by atoms with Crippen molar-refractivity contribution in [2.24, 2.45) is 17.6 Å². The molecule has 1 saturated carbocycles. The van der Waals surface area contributed by atoms with Gasteiger partial charge in [-0.15, -0.1) is 0 Å². The van der Waals surface area contributed by atoms with E-state index in [4.69, 9.17) is 5.73 Å². The maximum absolute atomic E-state index is 6.13. The Hall–Kier alpha value is -0.120. The number of nitrogens with two attached hydrogens (primary N) is 1. The molecule has 2 atom stereocenters. The van der Waals surface area contributed by atoms with Crippen LogP contribution in [-0.4, -0.2) is 54.6 Å². The van der Waals surface area contributed by atoms with Crippen LogP contribution in [-0.2, 0) is 0 Å². The number of piperidine rings is 1. The first kappa shape index (κ1) is 14.3. The molecular formula is C15H31N3. The Kier molecular flexibility index (Phi) is 4.35.